The molecule has 17 nitrogen and oxygen atoms in total. The maximum absolute atomic E-state index is 13.4. The third-order valence-electron chi connectivity index (χ3n) is 7.12. The van der Waals surface area contributed by atoms with Crippen molar-refractivity contribution in [3.63, 3.8) is 0 Å². The molecule has 5 atom stereocenters. The van der Waals surface area contributed by atoms with Crippen molar-refractivity contribution < 1.29 is 84.4 Å². The van der Waals surface area contributed by atoms with Gasteiger partial charge in [-0.15, -0.1) is 0 Å². The van der Waals surface area contributed by atoms with Gasteiger partial charge in [0.25, 0.3) is 0 Å². The highest BCUT2D eigenvalue weighted by Gasteiger charge is 2.51. The second-order valence-electron chi connectivity index (χ2n) is 10.0. The second kappa shape index (κ2) is 11.9. The molecule has 2 aliphatic heterocycles. The number of aromatic hydroxyl groups is 8. The summed E-state index contributed by atoms with van der Waals surface area (Å²) in [6.07, 6.45) is -7.60. The largest absolute Gasteiger partial charge is 0.504 e. The van der Waals surface area contributed by atoms with Crippen molar-refractivity contribution in [3.8, 4) is 57.1 Å². The van der Waals surface area contributed by atoms with Gasteiger partial charge in [0.05, 0.1) is 11.1 Å². The summed E-state index contributed by atoms with van der Waals surface area (Å²) in [7, 11) is 0. The molecule has 3 aromatic rings. The fourth-order valence-corrected chi connectivity index (χ4v) is 4.82. The Hall–Kier alpha value is -5.91. The van der Waals surface area contributed by atoms with Crippen LogP contribution in [0.5, 0.6) is 46.0 Å². The number of carbonyl (C=O) groups excluding carboxylic acids is 3. The van der Waals surface area contributed by atoms with Crippen LogP contribution < -0.4 is 0 Å². The number of benzene rings is 3. The highest BCUT2D eigenvalue weighted by molar-refractivity contribution is 6.08. The first-order valence-corrected chi connectivity index (χ1v) is 13.1. The lowest BCUT2D eigenvalue weighted by molar-refractivity contribution is -0.285. The fourth-order valence-electron chi connectivity index (χ4n) is 4.82. The standard InChI is InChI=1S/C29H24O17/c30-12-3-1-9(5-13(12)31)2-4-17(34)43-8-16-22(37)25-26(29(42)44-16)46-28(41)11-7-15(33)21(36)24(39)19(11)18-10(27(40)45-25)6-14(32)20(35)23(18)38/h1-7,16,22,25-26,29-33,35-39,42H,8H2. The predicted octanol–water partition coefficient (Wildman–Crippen LogP) is 0.397. The first-order chi connectivity index (χ1) is 21.7. The molecule has 46 heavy (non-hydrogen) atoms. The molecule has 0 radical (unpaired) electrons. The minimum Gasteiger partial charge on any atom is -0.504 e. The predicted molar refractivity (Wildman–Crippen MR) is 147 cm³/mol. The van der Waals surface area contributed by atoms with Crippen molar-refractivity contribution in [1.29, 1.82) is 0 Å². The first kappa shape index (κ1) is 31.5. The average Bonchev–Trinajstić information content (AvgIpc) is 3.01. The Labute approximate surface area is 256 Å². The first-order valence-electron chi connectivity index (χ1n) is 13.1. The maximum Gasteiger partial charge on any atom is 0.339 e. The Balaban J connectivity index is 1.47. The summed E-state index contributed by atoms with van der Waals surface area (Å²) in [6, 6.07) is 4.85. The molecule has 0 aliphatic carbocycles. The summed E-state index contributed by atoms with van der Waals surface area (Å²) in [5.41, 5.74) is -3.07. The summed E-state index contributed by atoms with van der Waals surface area (Å²) < 4.78 is 20.8. The number of esters is 3. The van der Waals surface area contributed by atoms with Crippen LogP contribution in [0.4, 0.5) is 0 Å². The third kappa shape index (κ3) is 5.56. The Morgan fingerprint density at radius 3 is 1.80 bits per heavy atom. The molecule has 242 valence electrons. The molecule has 10 N–H and O–H groups in total. The van der Waals surface area contributed by atoms with Crippen molar-refractivity contribution in [3.05, 3.63) is 53.1 Å². The van der Waals surface area contributed by atoms with Gasteiger partial charge in [-0.25, -0.2) is 14.4 Å². The monoisotopic (exact) mass is 644 g/mol. The number of hydrogen-bond acceptors (Lipinski definition) is 17. The van der Waals surface area contributed by atoms with E-state index in [1.807, 2.05) is 0 Å². The maximum atomic E-state index is 13.4. The van der Waals surface area contributed by atoms with Crippen LogP contribution in [0.2, 0.25) is 0 Å². The number of hydrogen-bond donors (Lipinski definition) is 10. The van der Waals surface area contributed by atoms with Crippen LogP contribution >= 0.6 is 0 Å². The summed E-state index contributed by atoms with van der Waals surface area (Å²) in [6.45, 7) is -0.757. The highest BCUT2D eigenvalue weighted by atomic mass is 16.7. The average molecular weight is 644 g/mol. The Morgan fingerprint density at radius 1 is 0.717 bits per heavy atom. The van der Waals surface area contributed by atoms with E-state index in [-0.39, 0.29) is 5.75 Å². The van der Waals surface area contributed by atoms with Crippen molar-refractivity contribution in [2.45, 2.75) is 30.7 Å². The van der Waals surface area contributed by atoms with Crippen molar-refractivity contribution in [2.24, 2.45) is 0 Å². The van der Waals surface area contributed by atoms with E-state index < -0.39 is 118 Å². The van der Waals surface area contributed by atoms with Crippen LogP contribution in [0.3, 0.4) is 0 Å². The number of phenolic OH excluding ortho intramolecular Hbond substituents is 8. The quantitative estimate of drug-likeness (QED) is 0.0795. The van der Waals surface area contributed by atoms with E-state index in [1.54, 1.807) is 0 Å². The number of phenols is 8. The molecule has 3 aromatic carbocycles. The van der Waals surface area contributed by atoms with Crippen LogP contribution in [-0.4, -0.2) is 106 Å². The van der Waals surface area contributed by atoms with Gasteiger partial charge in [-0.05, 0) is 35.9 Å². The van der Waals surface area contributed by atoms with E-state index in [0.29, 0.717) is 17.7 Å². The molecule has 0 aromatic heterocycles. The van der Waals surface area contributed by atoms with Gasteiger partial charge in [-0.3, -0.25) is 0 Å². The molecule has 5 rings (SSSR count). The van der Waals surface area contributed by atoms with Crippen LogP contribution in [0, 0.1) is 0 Å². The Bertz CT molecular complexity index is 1780. The molecule has 17 heteroatoms. The van der Waals surface area contributed by atoms with Crippen LogP contribution in [0.1, 0.15) is 26.3 Å². The fraction of sp³-hybridized carbons (Fsp3) is 0.207. The minimum absolute atomic E-state index is 0.304. The van der Waals surface area contributed by atoms with Gasteiger partial charge < -0.3 is 70.0 Å². The van der Waals surface area contributed by atoms with Gasteiger partial charge in [0.15, 0.2) is 53.0 Å². The number of aliphatic hydroxyl groups excluding tert-OH is 2. The van der Waals surface area contributed by atoms with E-state index >= 15 is 0 Å². The van der Waals surface area contributed by atoms with Gasteiger partial charge in [0, 0.05) is 17.2 Å². The summed E-state index contributed by atoms with van der Waals surface area (Å²) in [5.74, 6) is -11.9. The van der Waals surface area contributed by atoms with Crippen LogP contribution in [0.15, 0.2) is 36.4 Å². The molecule has 0 bridgehead atoms. The smallest absolute Gasteiger partial charge is 0.339 e. The minimum atomic E-state index is -2.16. The lowest BCUT2D eigenvalue weighted by Crippen LogP contribution is -2.61. The molecule has 2 heterocycles. The van der Waals surface area contributed by atoms with Gasteiger partial charge >= 0.3 is 17.9 Å². The van der Waals surface area contributed by atoms with E-state index in [4.69, 9.17) is 18.9 Å². The van der Waals surface area contributed by atoms with Gasteiger partial charge in [-0.2, -0.15) is 0 Å². The summed E-state index contributed by atoms with van der Waals surface area (Å²) in [5, 5.41) is 102. The number of fused-ring (bicyclic) bond motifs is 4. The van der Waals surface area contributed by atoms with Crippen molar-refractivity contribution in [1.82, 2.24) is 0 Å². The van der Waals surface area contributed by atoms with Gasteiger partial charge in [0.2, 0.25) is 11.5 Å². The zero-order valence-corrected chi connectivity index (χ0v) is 23.0. The van der Waals surface area contributed by atoms with E-state index in [2.05, 4.69) is 0 Å². The topological polar surface area (TPSA) is 290 Å². The number of aliphatic hydroxyl groups is 2. The van der Waals surface area contributed by atoms with E-state index in [1.165, 1.54) is 18.2 Å². The van der Waals surface area contributed by atoms with E-state index in [0.717, 1.165) is 12.1 Å². The van der Waals surface area contributed by atoms with Crippen LogP contribution in [0.25, 0.3) is 17.2 Å². The Kier molecular flexibility index (Phi) is 8.14. The SMILES string of the molecule is O=C(C=Cc1ccc(O)c(O)c1)OCC1OC(O)C2OC(=O)c3cc(O)c(O)c(O)c3-c3c(cc(O)c(O)c3O)C(=O)OC2C1O. The third-order valence-corrected chi connectivity index (χ3v) is 7.12. The molecule has 0 amide bonds. The van der Waals surface area contributed by atoms with Crippen molar-refractivity contribution in [2.75, 3.05) is 6.61 Å². The zero-order chi connectivity index (χ0) is 33.6. The molecule has 5 unspecified atom stereocenters. The Morgan fingerprint density at radius 2 is 1.26 bits per heavy atom. The van der Waals surface area contributed by atoms with E-state index in [9.17, 15) is 65.4 Å². The molecule has 1 saturated heterocycles. The number of carbonyl (C=O) groups is 3. The summed E-state index contributed by atoms with van der Waals surface area (Å²) in [4.78, 5) is 39.0. The lowest BCUT2D eigenvalue weighted by atomic mass is 9.91. The molecular formula is C29H24O17. The van der Waals surface area contributed by atoms with Gasteiger partial charge in [0.1, 0.15) is 18.8 Å². The molecule has 0 saturated carbocycles. The molecular weight excluding hydrogens is 620 g/mol. The molecule has 0 spiro atoms. The number of ether oxygens (including phenoxy) is 4. The zero-order valence-electron chi connectivity index (χ0n) is 23.0. The lowest BCUT2D eigenvalue weighted by Gasteiger charge is -2.41. The van der Waals surface area contributed by atoms with Crippen molar-refractivity contribution >= 4 is 24.0 Å². The molecule has 1 fully saturated rings. The summed E-state index contributed by atoms with van der Waals surface area (Å²) >= 11 is 0. The second-order valence-corrected chi connectivity index (χ2v) is 10.0. The van der Waals surface area contributed by atoms with Crippen LogP contribution in [-0.2, 0) is 23.7 Å². The normalized spacial score (nSPS) is 22.6. The highest BCUT2D eigenvalue weighted by Crippen LogP contribution is 2.53. The molecule has 2 aliphatic rings. The number of rotatable bonds is 4. The van der Waals surface area contributed by atoms with Gasteiger partial charge in [-0.1, -0.05) is 6.07 Å².